The average molecular weight is 857 g/mol. The lowest BCUT2D eigenvalue weighted by atomic mass is 9.84. The van der Waals surface area contributed by atoms with Gasteiger partial charge in [-0.3, -0.25) is 19.2 Å². The second kappa shape index (κ2) is 20.3. The van der Waals surface area contributed by atoms with Crippen LogP contribution in [0.4, 0.5) is 0 Å². The number of methoxy groups -OCH3 is 1. The molecule has 7 atom stereocenters. The van der Waals surface area contributed by atoms with Gasteiger partial charge in [0.2, 0.25) is 5.91 Å². The zero-order chi connectivity index (χ0) is 44.6. The molecule has 0 spiro atoms. The first kappa shape index (κ1) is 47.2. The van der Waals surface area contributed by atoms with E-state index in [1.165, 1.54) is 0 Å². The molecule has 2 aromatic heterocycles. The number of nitrogens with two attached hydrogens (primary N) is 1. The van der Waals surface area contributed by atoms with Crippen molar-refractivity contribution >= 4 is 45.9 Å². The first-order valence-electron chi connectivity index (χ1n) is 21.5. The van der Waals surface area contributed by atoms with Crippen molar-refractivity contribution in [3.05, 3.63) is 72.8 Å². The molecular weight excluding hydrogens is 793 g/mol. The summed E-state index contributed by atoms with van der Waals surface area (Å²) in [5, 5.41) is 3.67. The number of Topliss-reactive ketones (excluding diaryl/α,β-unsaturated/α-hetero) is 1. The Morgan fingerprint density at radius 3 is 2.25 bits per heavy atom. The molecule has 3 aromatic rings. The van der Waals surface area contributed by atoms with Crippen LogP contribution in [-0.4, -0.2) is 84.1 Å². The van der Waals surface area contributed by atoms with Gasteiger partial charge in [-0.05, 0) is 89.7 Å². The minimum absolute atomic E-state index is 0.0241. The highest BCUT2D eigenvalue weighted by Crippen LogP contribution is 2.58. The van der Waals surface area contributed by atoms with Crippen molar-refractivity contribution in [1.29, 1.82) is 0 Å². The highest BCUT2D eigenvalue weighted by molar-refractivity contribution is 7.13. The number of hydrogen-bond acceptors (Lipinski definition) is 12. The molecule has 0 aliphatic heterocycles. The summed E-state index contributed by atoms with van der Waals surface area (Å²) in [5.74, 6) is -0.391. The molecule has 3 fully saturated rings. The van der Waals surface area contributed by atoms with Gasteiger partial charge in [0, 0.05) is 54.2 Å². The number of nitrogens with zero attached hydrogens (tertiary/aromatic N) is 3. The summed E-state index contributed by atoms with van der Waals surface area (Å²) in [6.07, 6.45) is 9.54. The van der Waals surface area contributed by atoms with E-state index in [2.05, 4.69) is 39.0 Å². The molecule has 0 bridgehead atoms. The molecule has 0 radical (unpaired) electrons. The quantitative estimate of drug-likeness (QED) is 0.0659. The van der Waals surface area contributed by atoms with Crippen LogP contribution < -0.4 is 15.2 Å². The largest absolute Gasteiger partial charge is 0.496 e. The van der Waals surface area contributed by atoms with Crippen LogP contribution in [0, 0.1) is 36.0 Å². The van der Waals surface area contributed by atoms with Gasteiger partial charge in [0.05, 0.1) is 42.9 Å². The number of carbonyl (C=O) groups excluding carboxylic acids is 4. The van der Waals surface area contributed by atoms with Crippen molar-refractivity contribution < 1.29 is 38.1 Å². The third-order valence-corrected chi connectivity index (χ3v) is 13.2. The smallest absolute Gasteiger partial charge is 0.326 e. The Balaban J connectivity index is 0.000000556. The van der Waals surface area contributed by atoms with Gasteiger partial charge in [0.1, 0.15) is 39.6 Å². The number of amides is 1. The predicted octanol–water partition coefficient (Wildman–Crippen LogP) is 8.55. The molecule has 61 heavy (non-hydrogen) atoms. The summed E-state index contributed by atoms with van der Waals surface area (Å²) in [6, 6.07) is 5.77. The van der Waals surface area contributed by atoms with Gasteiger partial charge in [0.25, 0.3) is 0 Å². The first-order valence-corrected chi connectivity index (χ1v) is 22.4. The van der Waals surface area contributed by atoms with Gasteiger partial charge >= 0.3 is 11.9 Å². The molecule has 6 rings (SSSR count). The molecule has 3 aliphatic carbocycles. The number of ether oxygens (including phenoxy) is 4. The second-order valence-electron chi connectivity index (χ2n) is 16.9. The number of pyridine rings is 1. The summed E-state index contributed by atoms with van der Waals surface area (Å²) >= 11 is 1.54. The van der Waals surface area contributed by atoms with Crippen molar-refractivity contribution in [3.8, 4) is 22.2 Å². The van der Waals surface area contributed by atoms with Crippen molar-refractivity contribution in [2.45, 2.75) is 104 Å². The van der Waals surface area contributed by atoms with Crippen molar-refractivity contribution in [2.24, 2.45) is 34.8 Å². The van der Waals surface area contributed by atoms with Crippen LogP contribution in [0.2, 0.25) is 0 Å². The highest BCUT2D eigenvalue weighted by Gasteiger charge is 2.62. The van der Waals surface area contributed by atoms with Gasteiger partial charge in [-0.2, -0.15) is 0 Å². The molecule has 13 heteroatoms. The Morgan fingerprint density at radius 1 is 0.967 bits per heavy atom. The summed E-state index contributed by atoms with van der Waals surface area (Å²) in [7, 11) is 3.44. The Labute approximate surface area is 365 Å². The standard InChI is InChI=1S/C40H51N3O6S.C8H13NO2/c1-9-12-13-14-17-43(7)38(45)30-19-27(18-29(30)33(44)22-40(21-26(40)10-2)39(46)48-11-3)49-35-20-31(37-42-32(23-50-37)24(4)5)41-36-25(6)34(47-8)16-15-28(35)36;1-3-6-5-8(6,9)7(10)11-4-2/h9-10,15-16,20,23-24,26-27,29-30H,1-2,11-14,17-19,21-22H2,3-8H3;3,6H,1,4-5,9H2,2H3/t26-,27-,29-,30-,40-;6-,8-/m11/s1. The topological polar surface area (TPSA) is 160 Å². The minimum Gasteiger partial charge on any atom is -0.496 e. The summed E-state index contributed by atoms with van der Waals surface area (Å²) in [6.45, 7) is 22.2. The normalized spacial score (nSPS) is 24.8. The fraction of sp³-hybridized carbons (Fsp3) is 0.542. The molecule has 2 heterocycles. The Hall–Kier alpha value is -4.88. The molecule has 3 aliphatic rings. The van der Waals surface area contributed by atoms with Crippen LogP contribution in [0.25, 0.3) is 21.6 Å². The van der Waals surface area contributed by atoms with Crippen molar-refractivity contribution in [3.63, 3.8) is 0 Å². The van der Waals surface area contributed by atoms with Crippen LogP contribution in [0.5, 0.6) is 11.5 Å². The lowest BCUT2D eigenvalue weighted by Crippen LogP contribution is -2.38. The lowest BCUT2D eigenvalue weighted by molar-refractivity contribution is -0.152. The average Bonchev–Trinajstić information content (AvgIpc) is 3.96. The Kier molecular flexibility index (Phi) is 15.7. The number of aromatic nitrogens is 2. The van der Waals surface area contributed by atoms with E-state index in [-0.39, 0.29) is 54.4 Å². The lowest BCUT2D eigenvalue weighted by Gasteiger charge is -2.25. The van der Waals surface area contributed by atoms with E-state index >= 15 is 0 Å². The molecule has 3 saturated carbocycles. The van der Waals surface area contributed by atoms with Crippen LogP contribution >= 0.6 is 11.3 Å². The third kappa shape index (κ3) is 10.4. The summed E-state index contributed by atoms with van der Waals surface area (Å²) in [4.78, 5) is 64.1. The number of esters is 2. The van der Waals surface area contributed by atoms with Gasteiger partial charge in [0.15, 0.2) is 0 Å². The van der Waals surface area contributed by atoms with Gasteiger partial charge in [-0.25, -0.2) is 9.97 Å². The Morgan fingerprint density at radius 2 is 1.66 bits per heavy atom. The fourth-order valence-corrected chi connectivity index (χ4v) is 9.31. The van der Waals surface area contributed by atoms with E-state index in [4.69, 9.17) is 34.6 Å². The van der Waals surface area contributed by atoms with Crippen LogP contribution in [0.15, 0.2) is 61.5 Å². The number of fused-ring (bicyclic) bond motifs is 1. The van der Waals surface area contributed by atoms with E-state index in [1.54, 1.807) is 56.4 Å². The number of carbonyl (C=O) groups is 4. The first-order chi connectivity index (χ1) is 29.1. The van der Waals surface area contributed by atoms with E-state index in [0.29, 0.717) is 50.3 Å². The number of unbranched alkanes of at least 4 members (excludes halogenated alkanes) is 2. The molecular formula is C48H64N4O8S. The maximum absolute atomic E-state index is 14.2. The van der Waals surface area contributed by atoms with Crippen molar-refractivity contribution in [2.75, 3.05) is 33.9 Å². The van der Waals surface area contributed by atoms with Gasteiger partial charge in [-0.15, -0.1) is 31.1 Å². The SMILES string of the molecule is C=CCCCCN(C)C(=O)[C@@H]1C[C@H](Oc2cc(-c3nc(C(C)C)cs3)nc3c(C)c(OC)ccc23)C[C@H]1C(=O)C[C@]1(C(=O)OCC)C[C@H]1C=C.C=C[C@@H]1C[C@]1(N)C(=O)OCC. The van der Waals surface area contributed by atoms with Crippen LogP contribution in [0.3, 0.4) is 0 Å². The summed E-state index contributed by atoms with van der Waals surface area (Å²) < 4.78 is 22.6. The molecule has 0 saturated heterocycles. The molecule has 1 amide bonds. The van der Waals surface area contributed by atoms with E-state index in [0.717, 1.165) is 52.2 Å². The third-order valence-electron chi connectivity index (χ3n) is 12.4. The molecule has 12 nitrogen and oxygen atoms in total. The number of aryl methyl sites for hydroxylation is 1. The maximum atomic E-state index is 14.2. The molecule has 0 unspecified atom stereocenters. The number of benzene rings is 1. The van der Waals surface area contributed by atoms with Crippen LogP contribution in [0.1, 0.15) is 96.2 Å². The number of hydrogen-bond donors (Lipinski definition) is 1. The van der Waals surface area contributed by atoms with E-state index < -0.39 is 28.9 Å². The molecule has 2 N–H and O–H groups in total. The maximum Gasteiger partial charge on any atom is 0.326 e. The number of thiazole rings is 1. The highest BCUT2D eigenvalue weighted by atomic mass is 32.1. The van der Waals surface area contributed by atoms with Gasteiger partial charge < -0.3 is 29.6 Å². The van der Waals surface area contributed by atoms with Crippen LogP contribution in [-0.2, 0) is 28.7 Å². The number of rotatable bonds is 20. The van der Waals surface area contributed by atoms with Crippen molar-refractivity contribution in [1.82, 2.24) is 14.9 Å². The number of allylic oxidation sites excluding steroid dienone is 2. The summed E-state index contributed by atoms with van der Waals surface area (Å²) in [5.41, 5.74) is 7.35. The molecule has 1 aromatic carbocycles. The predicted molar refractivity (Wildman–Crippen MR) is 239 cm³/mol. The minimum atomic E-state index is -0.909. The van der Waals surface area contributed by atoms with E-state index in [1.807, 2.05) is 31.2 Å². The monoisotopic (exact) mass is 856 g/mol. The zero-order valence-corrected chi connectivity index (χ0v) is 37.8. The fourth-order valence-electron chi connectivity index (χ4n) is 8.37. The zero-order valence-electron chi connectivity index (χ0n) is 37.0. The van der Waals surface area contributed by atoms with Gasteiger partial charge in [-0.1, -0.05) is 32.1 Å². The van der Waals surface area contributed by atoms with E-state index in [9.17, 15) is 19.2 Å². The molecule has 330 valence electrons. The Bertz CT molecular complexity index is 2120. The number of ketones is 1. The second-order valence-corrected chi connectivity index (χ2v) is 17.7.